The van der Waals surface area contributed by atoms with Gasteiger partial charge < -0.3 is 44.6 Å². The largest absolute Gasteiger partial charge is 0.381 e. The minimum Gasteiger partial charge on any atom is -0.381 e. The van der Waals surface area contributed by atoms with Crippen molar-refractivity contribution in [3.8, 4) is 45.3 Å². The number of ether oxygens (including phenoxy) is 3. The number of nitrogens with zero attached hydrogens (tertiary/aromatic N) is 12. The SMILES string of the molecule is CC1(C2CCOCC2)C(=O)Nc2ccc(Br)cc21.CC1C(=O)Nc2ccccc21.CCn1c(-c2cnc(C)nc2)nc2c(-c3ccc4c(c3)C(C)(C3CCOCC3)C(=O)N4)ncnc21.CCn1c(-c2cnc(C)nc2)nc2c(-c3ccc4c(c3)C(C)(C3CCOCC3)C(=O)N4)ncnc21. The van der Waals surface area contributed by atoms with Crippen molar-refractivity contribution in [2.45, 2.75) is 129 Å². The molecular weight excluding hydrogens is 1320 g/mol. The van der Waals surface area contributed by atoms with E-state index in [0.29, 0.717) is 57.1 Å². The van der Waals surface area contributed by atoms with Crippen LogP contribution in [-0.4, -0.2) is 122 Å². The Balaban J connectivity index is 0.000000122. The smallest absolute Gasteiger partial charge is 0.235 e. The summed E-state index contributed by atoms with van der Waals surface area (Å²) in [7, 11) is 0. The molecule has 3 saturated heterocycles. The second-order valence-corrected chi connectivity index (χ2v) is 27.7. The van der Waals surface area contributed by atoms with E-state index >= 15 is 0 Å². The normalized spacial score (nSPS) is 21.8. The van der Waals surface area contributed by atoms with Crippen molar-refractivity contribution in [3.05, 3.63) is 155 Å². The Morgan fingerprint density at radius 1 is 0.475 bits per heavy atom. The van der Waals surface area contributed by atoms with Crippen LogP contribution in [0.3, 0.4) is 0 Å². The molecule has 24 heteroatoms. The molecule has 17 rings (SSSR count). The molecule has 0 aliphatic carbocycles. The molecule has 7 aliphatic heterocycles. The Labute approximate surface area is 581 Å². The standard InChI is InChI=1S/2C26H27N7O2.C14H16BrNO2.C9H9NO/c2*1-4-33-23(17-12-27-15(2)28-13-17)32-22-21(29-14-30-24(22)33)16-5-6-20-19(11-16)26(3,25(34)31-20)18-7-9-35-10-8-18;1-14(9-4-6-18-7-5-9)11-8-10(15)2-3-12(11)16-13(14)17;1-6-7-4-2-3-5-8(7)10-9(6)11/h2*5-6,11-14,18H,4,7-10H2,1-3H3,(H,31,34);2-3,8-9H,4-7H2,1H3,(H,16,17);2-6H,1H3,(H,10,11). The van der Waals surface area contributed by atoms with Gasteiger partial charge in [-0.25, -0.2) is 49.8 Å². The highest BCUT2D eigenvalue weighted by atomic mass is 79.9. The lowest BCUT2D eigenvalue weighted by Crippen LogP contribution is -2.41. The number of amides is 4. The zero-order valence-corrected chi connectivity index (χ0v) is 58.4. The number of hydrogen-bond donors (Lipinski definition) is 4. The fraction of sp³-hybridized carbons (Fsp3) is 0.387. The summed E-state index contributed by atoms with van der Waals surface area (Å²) >= 11 is 3.50. The van der Waals surface area contributed by atoms with Crippen LogP contribution in [0.2, 0.25) is 0 Å². The summed E-state index contributed by atoms with van der Waals surface area (Å²) in [5, 5.41) is 12.0. The second kappa shape index (κ2) is 27.2. The van der Waals surface area contributed by atoms with Crippen LogP contribution < -0.4 is 21.3 Å². The van der Waals surface area contributed by atoms with Gasteiger partial charge in [0.1, 0.15) is 58.4 Å². The highest BCUT2D eigenvalue weighted by Crippen LogP contribution is 2.51. The average Bonchev–Trinajstić information content (AvgIpc) is 1.61. The van der Waals surface area contributed by atoms with Gasteiger partial charge in [-0.15, -0.1) is 0 Å². The van der Waals surface area contributed by atoms with Crippen LogP contribution in [0, 0.1) is 31.6 Å². The zero-order chi connectivity index (χ0) is 68.9. The van der Waals surface area contributed by atoms with Crippen LogP contribution >= 0.6 is 15.9 Å². The zero-order valence-electron chi connectivity index (χ0n) is 56.8. The quantitative estimate of drug-likeness (QED) is 0.104. The van der Waals surface area contributed by atoms with E-state index in [1.165, 1.54) is 0 Å². The molecule has 0 spiro atoms. The van der Waals surface area contributed by atoms with Gasteiger partial charge in [0, 0.05) is 116 Å². The van der Waals surface area contributed by atoms with Crippen molar-refractivity contribution in [2.75, 3.05) is 60.9 Å². The van der Waals surface area contributed by atoms with Crippen molar-refractivity contribution in [2.24, 2.45) is 17.8 Å². The lowest BCUT2D eigenvalue weighted by Gasteiger charge is -2.35. The fourth-order valence-electron chi connectivity index (χ4n) is 15.4. The van der Waals surface area contributed by atoms with Crippen LogP contribution in [-0.2, 0) is 62.7 Å². The van der Waals surface area contributed by atoms with Gasteiger partial charge in [0.25, 0.3) is 0 Å². The first-order valence-electron chi connectivity index (χ1n) is 34.1. The van der Waals surface area contributed by atoms with Crippen molar-refractivity contribution in [1.29, 1.82) is 0 Å². The number of halogens is 1. The predicted molar refractivity (Wildman–Crippen MR) is 381 cm³/mol. The maximum atomic E-state index is 13.2. The van der Waals surface area contributed by atoms with Gasteiger partial charge in [0.05, 0.1) is 33.3 Å². The predicted octanol–water partition coefficient (Wildman–Crippen LogP) is 12.7. The van der Waals surface area contributed by atoms with E-state index in [9.17, 15) is 19.2 Å². The number of imidazole rings is 2. The maximum absolute atomic E-state index is 13.2. The first kappa shape index (κ1) is 66.6. The van der Waals surface area contributed by atoms with Gasteiger partial charge in [0.2, 0.25) is 23.6 Å². The Bertz CT molecular complexity index is 4550. The summed E-state index contributed by atoms with van der Waals surface area (Å²) in [6.45, 7) is 21.6. The number of carbonyl (C=O) groups excluding carboxylic acids is 4. The molecular formula is C75H79BrN16O7. The molecule has 6 aromatic heterocycles. The van der Waals surface area contributed by atoms with Gasteiger partial charge >= 0.3 is 0 Å². The number of para-hydroxylation sites is 1. The number of aromatic nitrogens is 12. The summed E-state index contributed by atoms with van der Waals surface area (Å²) < 4.78 is 21.7. The number of nitrogens with one attached hydrogen (secondary N) is 4. The van der Waals surface area contributed by atoms with Gasteiger partial charge in [-0.2, -0.15) is 0 Å². The van der Waals surface area contributed by atoms with Crippen LogP contribution in [0.15, 0.2) is 121 Å². The molecule has 10 aromatic rings. The van der Waals surface area contributed by atoms with Crippen molar-refractivity contribution in [3.63, 3.8) is 0 Å². The number of hydrogen-bond acceptors (Lipinski definition) is 17. The van der Waals surface area contributed by atoms with Crippen LogP contribution in [0.4, 0.5) is 22.7 Å². The highest BCUT2D eigenvalue weighted by Gasteiger charge is 2.51. The molecule has 0 saturated carbocycles. The number of aryl methyl sites for hydroxylation is 4. The Morgan fingerprint density at radius 3 is 1.25 bits per heavy atom. The Hall–Kier alpha value is -9.62. The molecule has 13 heterocycles. The highest BCUT2D eigenvalue weighted by molar-refractivity contribution is 9.10. The topological polar surface area (TPSA) is 283 Å². The van der Waals surface area contributed by atoms with E-state index < -0.39 is 16.2 Å². The third-order valence-electron chi connectivity index (χ3n) is 21.4. The summed E-state index contributed by atoms with van der Waals surface area (Å²) in [6, 6.07) is 26.0. The van der Waals surface area contributed by atoms with Crippen LogP contribution in [0.1, 0.15) is 120 Å². The van der Waals surface area contributed by atoms with E-state index in [0.717, 1.165) is 169 Å². The number of carbonyl (C=O) groups is 4. The monoisotopic (exact) mass is 1390 g/mol. The molecule has 4 amide bonds. The van der Waals surface area contributed by atoms with Gasteiger partial charge in [-0.3, -0.25) is 19.2 Å². The molecule has 508 valence electrons. The van der Waals surface area contributed by atoms with Crippen molar-refractivity contribution < 1.29 is 33.4 Å². The fourth-order valence-corrected chi connectivity index (χ4v) is 15.8. The molecule has 7 aliphatic rings. The van der Waals surface area contributed by atoms with E-state index in [4.69, 9.17) is 24.2 Å². The van der Waals surface area contributed by atoms with E-state index in [1.54, 1.807) is 37.4 Å². The third-order valence-corrected chi connectivity index (χ3v) is 21.9. The second-order valence-electron chi connectivity index (χ2n) is 26.8. The molecule has 0 bridgehead atoms. The molecule has 3 fully saturated rings. The van der Waals surface area contributed by atoms with Crippen molar-refractivity contribution >= 4 is 84.6 Å². The Morgan fingerprint density at radius 2 is 0.859 bits per heavy atom. The van der Waals surface area contributed by atoms with E-state index in [1.807, 2.05) is 81.4 Å². The average molecular weight is 1400 g/mol. The Kier molecular flexibility index (Phi) is 18.3. The molecule has 4 unspecified atom stereocenters. The minimum absolute atomic E-state index is 0.0196. The minimum atomic E-state index is -0.603. The van der Waals surface area contributed by atoms with Gasteiger partial charge in [0.15, 0.2) is 11.3 Å². The summed E-state index contributed by atoms with van der Waals surface area (Å²) in [6.07, 6.45) is 15.7. The molecule has 4 atom stereocenters. The summed E-state index contributed by atoms with van der Waals surface area (Å²) in [5.41, 5.74) is 14.2. The molecule has 99 heavy (non-hydrogen) atoms. The number of fused-ring (bicyclic) bond motifs is 6. The molecule has 4 N–H and O–H groups in total. The maximum Gasteiger partial charge on any atom is 0.235 e. The molecule has 23 nitrogen and oxygen atoms in total. The molecule has 4 aromatic carbocycles. The lowest BCUT2D eigenvalue weighted by atomic mass is 9.69. The molecule has 0 radical (unpaired) electrons. The first-order valence-corrected chi connectivity index (χ1v) is 34.9. The number of rotatable bonds is 9. The first-order chi connectivity index (χ1) is 47.9. The van der Waals surface area contributed by atoms with Gasteiger partial charge in [-0.05, 0) is 182 Å². The summed E-state index contributed by atoms with van der Waals surface area (Å²) in [4.78, 5) is 95.5. The van der Waals surface area contributed by atoms with Gasteiger partial charge in [-0.1, -0.05) is 46.3 Å². The number of anilines is 4. The van der Waals surface area contributed by atoms with Crippen LogP contribution in [0.25, 0.3) is 67.6 Å². The summed E-state index contributed by atoms with van der Waals surface area (Å²) in [5.74, 6) is 4.12. The van der Waals surface area contributed by atoms with Crippen molar-refractivity contribution in [1.82, 2.24) is 59.0 Å². The van der Waals surface area contributed by atoms with Crippen LogP contribution in [0.5, 0.6) is 0 Å². The third kappa shape index (κ3) is 12.0. The number of benzene rings is 4. The van der Waals surface area contributed by atoms with E-state index in [-0.39, 0.29) is 41.4 Å². The van der Waals surface area contributed by atoms with E-state index in [2.05, 4.69) is 139 Å². The lowest BCUT2D eigenvalue weighted by molar-refractivity contribution is -0.124.